The number of aryl methyl sites for hydroxylation is 1. The third-order valence-electron chi connectivity index (χ3n) is 3.70. The number of benzene rings is 1. The lowest BCUT2D eigenvalue weighted by Gasteiger charge is -2.18. The number of carboxylic acid groups (broad SMARTS) is 2. The monoisotopic (exact) mass is 368 g/mol. The average Bonchev–Trinajstić information content (AvgIpc) is 2.58. The van der Waals surface area contributed by atoms with E-state index >= 15 is 0 Å². The summed E-state index contributed by atoms with van der Waals surface area (Å²) in [4.78, 5) is 33.7. The zero-order valence-electron chi connectivity index (χ0n) is 14.7. The number of phenolic OH excluding ortho intramolecular Hbond substituents is 1. The first kappa shape index (κ1) is 21.2. The lowest BCUT2D eigenvalue weighted by Crippen LogP contribution is -2.50. The van der Waals surface area contributed by atoms with Crippen molar-refractivity contribution in [3.8, 4) is 11.5 Å². The fourth-order valence-electron chi connectivity index (χ4n) is 2.25. The minimum absolute atomic E-state index is 0.0418. The lowest BCUT2D eigenvalue weighted by atomic mass is 10.1. The first-order valence-electron chi connectivity index (χ1n) is 8.08. The molecule has 26 heavy (non-hydrogen) atoms. The van der Waals surface area contributed by atoms with E-state index in [4.69, 9.17) is 14.9 Å². The van der Waals surface area contributed by atoms with E-state index in [1.807, 2.05) is 0 Å². The second kappa shape index (κ2) is 10.2. The maximum Gasteiger partial charge on any atom is 0.325 e. The number of phenols is 1. The Bertz CT molecular complexity index is 648. The largest absolute Gasteiger partial charge is 0.504 e. The first-order valence-corrected chi connectivity index (χ1v) is 8.08. The maximum absolute atomic E-state index is 12.0. The summed E-state index contributed by atoms with van der Waals surface area (Å²) >= 11 is 0. The number of aromatic hydroxyl groups is 1. The molecule has 1 aromatic carbocycles. The summed E-state index contributed by atoms with van der Waals surface area (Å²) in [5, 5.41) is 32.4. The Hall–Kier alpha value is -2.81. The molecule has 0 saturated heterocycles. The number of ether oxygens (including phenoxy) is 1. The molecule has 0 unspecified atom stereocenters. The lowest BCUT2D eigenvalue weighted by molar-refractivity contribution is -0.142. The number of amides is 1. The van der Waals surface area contributed by atoms with Crippen LogP contribution in [0.4, 0.5) is 0 Å². The number of methoxy groups -OCH3 is 1. The van der Waals surface area contributed by atoms with Crippen molar-refractivity contribution < 1.29 is 34.4 Å². The van der Waals surface area contributed by atoms with Gasteiger partial charge in [0.05, 0.1) is 19.6 Å². The van der Waals surface area contributed by atoms with Crippen molar-refractivity contribution in [1.29, 1.82) is 0 Å². The van der Waals surface area contributed by atoms with E-state index in [-0.39, 0.29) is 5.75 Å². The SMILES string of the molecule is COc1cc(CCCN[C@@H](CC(=O)O)C(=O)N[C@H](C)C(=O)O)ccc1O. The molecule has 0 aliphatic rings. The summed E-state index contributed by atoms with van der Waals surface area (Å²) in [5.74, 6) is -2.63. The van der Waals surface area contributed by atoms with Crippen LogP contribution in [0.3, 0.4) is 0 Å². The Morgan fingerprint density at radius 2 is 1.92 bits per heavy atom. The number of aliphatic carboxylic acids is 2. The van der Waals surface area contributed by atoms with E-state index in [1.54, 1.807) is 12.1 Å². The van der Waals surface area contributed by atoms with E-state index in [2.05, 4.69) is 10.6 Å². The predicted octanol–water partition coefficient (Wildman–Crippen LogP) is 0.356. The number of carbonyl (C=O) groups excluding carboxylic acids is 1. The molecule has 5 N–H and O–H groups in total. The summed E-state index contributed by atoms with van der Waals surface area (Å²) in [6, 6.07) is 2.84. The Morgan fingerprint density at radius 3 is 2.50 bits per heavy atom. The van der Waals surface area contributed by atoms with Gasteiger partial charge in [0.15, 0.2) is 11.5 Å². The fraction of sp³-hybridized carbons (Fsp3) is 0.471. The molecule has 1 rings (SSSR count). The van der Waals surface area contributed by atoms with Crippen LogP contribution in [0.1, 0.15) is 25.3 Å². The highest BCUT2D eigenvalue weighted by atomic mass is 16.5. The summed E-state index contributed by atoms with van der Waals surface area (Å²) in [6.07, 6.45) is 0.771. The van der Waals surface area contributed by atoms with Crippen molar-refractivity contribution in [2.24, 2.45) is 0 Å². The molecule has 0 heterocycles. The molecule has 1 amide bonds. The smallest absolute Gasteiger partial charge is 0.325 e. The van der Waals surface area contributed by atoms with Crippen LogP contribution < -0.4 is 15.4 Å². The average molecular weight is 368 g/mol. The van der Waals surface area contributed by atoms with Crippen LogP contribution in [0.25, 0.3) is 0 Å². The van der Waals surface area contributed by atoms with E-state index in [9.17, 15) is 19.5 Å². The van der Waals surface area contributed by atoms with Crippen LogP contribution in [0, 0.1) is 0 Å². The van der Waals surface area contributed by atoms with Crippen molar-refractivity contribution in [3.63, 3.8) is 0 Å². The first-order chi connectivity index (χ1) is 12.2. The molecule has 0 spiro atoms. The molecule has 0 saturated carbocycles. The molecule has 1 aromatic rings. The van der Waals surface area contributed by atoms with E-state index < -0.39 is 36.4 Å². The molecular weight excluding hydrogens is 344 g/mol. The van der Waals surface area contributed by atoms with Crippen molar-refractivity contribution in [3.05, 3.63) is 23.8 Å². The zero-order valence-corrected chi connectivity index (χ0v) is 14.7. The van der Waals surface area contributed by atoms with Gasteiger partial charge < -0.3 is 30.7 Å². The van der Waals surface area contributed by atoms with Gasteiger partial charge in [-0.05, 0) is 44.0 Å². The second-order valence-electron chi connectivity index (χ2n) is 5.78. The summed E-state index contributed by atoms with van der Waals surface area (Å²) in [7, 11) is 1.45. The van der Waals surface area contributed by atoms with Gasteiger partial charge >= 0.3 is 11.9 Å². The number of carbonyl (C=O) groups is 3. The van der Waals surface area contributed by atoms with Gasteiger partial charge in [-0.25, -0.2) is 0 Å². The van der Waals surface area contributed by atoms with E-state index in [0.29, 0.717) is 25.1 Å². The molecule has 9 nitrogen and oxygen atoms in total. The van der Waals surface area contributed by atoms with E-state index in [1.165, 1.54) is 20.1 Å². The molecule has 0 radical (unpaired) electrons. The van der Waals surface area contributed by atoms with Crippen molar-refractivity contribution in [1.82, 2.24) is 10.6 Å². The highest BCUT2D eigenvalue weighted by molar-refractivity contribution is 5.89. The molecule has 0 aromatic heterocycles. The standard InChI is InChI=1S/C17H24N2O7/c1-10(17(24)25)19-16(23)12(9-15(21)22)18-7-3-4-11-5-6-13(20)14(8-11)26-2/h5-6,8,10,12,18,20H,3-4,7,9H2,1-2H3,(H,19,23)(H,21,22)(H,24,25)/t10-,12+/m1/s1. The van der Waals surface area contributed by atoms with Crippen molar-refractivity contribution in [2.45, 2.75) is 38.3 Å². The van der Waals surface area contributed by atoms with Gasteiger partial charge in [0.2, 0.25) is 5.91 Å². The minimum atomic E-state index is -1.20. The third kappa shape index (κ3) is 6.98. The Labute approximate surface area is 151 Å². The van der Waals surface area contributed by atoms with Gasteiger partial charge in [0, 0.05) is 0 Å². The predicted molar refractivity (Wildman–Crippen MR) is 92.3 cm³/mol. The van der Waals surface area contributed by atoms with Crippen LogP contribution in [0.15, 0.2) is 18.2 Å². The molecule has 0 aliphatic carbocycles. The van der Waals surface area contributed by atoms with Crippen LogP contribution in [0.2, 0.25) is 0 Å². The number of nitrogens with one attached hydrogen (secondary N) is 2. The van der Waals surface area contributed by atoms with Crippen LogP contribution in [-0.4, -0.2) is 58.9 Å². The van der Waals surface area contributed by atoms with Crippen LogP contribution >= 0.6 is 0 Å². The van der Waals surface area contributed by atoms with Gasteiger partial charge in [0.1, 0.15) is 6.04 Å². The Morgan fingerprint density at radius 1 is 1.23 bits per heavy atom. The molecule has 9 heteroatoms. The fourth-order valence-corrected chi connectivity index (χ4v) is 2.25. The van der Waals surface area contributed by atoms with Gasteiger partial charge in [0.25, 0.3) is 0 Å². The second-order valence-corrected chi connectivity index (χ2v) is 5.78. The highest BCUT2D eigenvalue weighted by Crippen LogP contribution is 2.26. The van der Waals surface area contributed by atoms with Crippen LogP contribution in [-0.2, 0) is 20.8 Å². The molecule has 0 bridgehead atoms. The minimum Gasteiger partial charge on any atom is -0.504 e. The van der Waals surface area contributed by atoms with E-state index in [0.717, 1.165) is 5.56 Å². The van der Waals surface area contributed by atoms with Gasteiger partial charge in [-0.3, -0.25) is 14.4 Å². The molecule has 2 atom stereocenters. The van der Waals surface area contributed by atoms with Crippen molar-refractivity contribution >= 4 is 17.8 Å². The molecule has 0 fully saturated rings. The summed E-state index contributed by atoms with van der Waals surface area (Å²) < 4.78 is 5.03. The highest BCUT2D eigenvalue weighted by Gasteiger charge is 2.24. The van der Waals surface area contributed by atoms with Crippen molar-refractivity contribution in [2.75, 3.05) is 13.7 Å². The number of hydrogen-bond donors (Lipinski definition) is 5. The Balaban J connectivity index is 2.54. The van der Waals surface area contributed by atoms with Gasteiger partial charge in [-0.2, -0.15) is 0 Å². The molecule has 0 aliphatic heterocycles. The normalized spacial score (nSPS) is 12.8. The quantitative estimate of drug-likeness (QED) is 0.352. The van der Waals surface area contributed by atoms with Gasteiger partial charge in [-0.1, -0.05) is 6.07 Å². The summed E-state index contributed by atoms with van der Waals surface area (Å²) in [5.41, 5.74) is 0.917. The maximum atomic E-state index is 12.0. The number of hydrogen-bond acceptors (Lipinski definition) is 6. The van der Waals surface area contributed by atoms with Gasteiger partial charge in [-0.15, -0.1) is 0 Å². The molecular formula is C17H24N2O7. The number of rotatable bonds is 11. The zero-order chi connectivity index (χ0) is 19.7. The summed E-state index contributed by atoms with van der Waals surface area (Å²) in [6.45, 7) is 1.66. The Kier molecular flexibility index (Phi) is 8.36. The topological polar surface area (TPSA) is 145 Å². The third-order valence-corrected chi connectivity index (χ3v) is 3.70. The molecule has 144 valence electrons. The number of carboxylic acids is 2. The van der Waals surface area contributed by atoms with Crippen LogP contribution in [0.5, 0.6) is 11.5 Å².